The maximum Gasteiger partial charge on any atom is 0.289 e. The summed E-state index contributed by atoms with van der Waals surface area (Å²) in [6.07, 6.45) is 3.04. The van der Waals surface area contributed by atoms with Crippen molar-refractivity contribution in [1.82, 2.24) is 9.80 Å². The van der Waals surface area contributed by atoms with E-state index in [1.807, 2.05) is 51.9 Å². The van der Waals surface area contributed by atoms with Crippen LogP contribution in [0.25, 0.3) is 0 Å². The van der Waals surface area contributed by atoms with E-state index >= 15 is 0 Å². The van der Waals surface area contributed by atoms with Crippen molar-refractivity contribution in [1.29, 1.82) is 0 Å². The van der Waals surface area contributed by atoms with Gasteiger partial charge in [-0.2, -0.15) is 0 Å². The van der Waals surface area contributed by atoms with Crippen molar-refractivity contribution in [2.45, 2.75) is 17.7 Å². The molecule has 1 aromatic heterocycles. The van der Waals surface area contributed by atoms with Gasteiger partial charge in [-0.3, -0.25) is 9.59 Å². The van der Waals surface area contributed by atoms with Crippen molar-refractivity contribution in [3.8, 4) is 5.75 Å². The van der Waals surface area contributed by atoms with Gasteiger partial charge in [-0.05, 0) is 37.1 Å². The second-order valence-corrected chi connectivity index (χ2v) is 8.17. The number of thioether (sulfide) groups is 1. The van der Waals surface area contributed by atoms with Crippen LogP contribution >= 0.6 is 11.8 Å². The zero-order chi connectivity index (χ0) is 18.7. The Morgan fingerprint density at radius 1 is 1.07 bits per heavy atom. The lowest BCUT2D eigenvalue weighted by molar-refractivity contribution is -0.136. The zero-order valence-electron chi connectivity index (χ0n) is 15.0. The van der Waals surface area contributed by atoms with Gasteiger partial charge in [0.2, 0.25) is 0 Å². The minimum atomic E-state index is -0.225. The van der Waals surface area contributed by atoms with Gasteiger partial charge in [0.1, 0.15) is 5.75 Å². The molecular weight excluding hydrogens is 364 g/mol. The van der Waals surface area contributed by atoms with Gasteiger partial charge in [0.05, 0.1) is 11.1 Å². The van der Waals surface area contributed by atoms with E-state index in [-0.39, 0.29) is 23.3 Å². The number of benzene rings is 1. The van der Waals surface area contributed by atoms with Crippen molar-refractivity contribution < 1.29 is 18.7 Å². The molecule has 3 heterocycles. The van der Waals surface area contributed by atoms with Crippen molar-refractivity contribution >= 4 is 23.6 Å². The summed E-state index contributed by atoms with van der Waals surface area (Å²) in [4.78, 5) is 28.8. The molecule has 1 aromatic carbocycles. The van der Waals surface area contributed by atoms with Crippen LogP contribution in [0, 0.1) is 0 Å². The minimum Gasteiger partial charge on any atom is -0.484 e. The molecule has 2 fully saturated rings. The second-order valence-electron chi connectivity index (χ2n) is 6.71. The van der Waals surface area contributed by atoms with Crippen LogP contribution in [-0.4, -0.2) is 58.5 Å². The Morgan fingerprint density at radius 2 is 1.85 bits per heavy atom. The fourth-order valence-electron chi connectivity index (χ4n) is 3.73. The van der Waals surface area contributed by atoms with E-state index in [1.165, 1.54) is 6.26 Å². The number of ether oxygens (including phenoxy) is 1. The first-order valence-corrected chi connectivity index (χ1v) is 10.1. The second kappa shape index (κ2) is 7.68. The lowest BCUT2D eigenvalue weighted by Crippen LogP contribution is -2.54. The maximum atomic E-state index is 12.8. The minimum absolute atomic E-state index is 0.00895. The van der Waals surface area contributed by atoms with Gasteiger partial charge in [0, 0.05) is 25.4 Å². The van der Waals surface area contributed by atoms with E-state index in [2.05, 4.69) is 0 Å². The summed E-state index contributed by atoms with van der Waals surface area (Å²) in [5, 5.41) is 0. The average molecular weight is 386 g/mol. The number of carbonyl (C=O) groups is 2. The summed E-state index contributed by atoms with van der Waals surface area (Å²) in [7, 11) is 0. The summed E-state index contributed by atoms with van der Waals surface area (Å²) >= 11 is 1.82. The van der Waals surface area contributed by atoms with Crippen molar-refractivity contribution in [3.63, 3.8) is 0 Å². The van der Waals surface area contributed by atoms with Gasteiger partial charge in [0.15, 0.2) is 12.4 Å². The molecule has 7 heteroatoms. The molecule has 2 aliphatic rings. The maximum absolute atomic E-state index is 12.8. The van der Waals surface area contributed by atoms with Crippen LogP contribution in [0.5, 0.6) is 5.75 Å². The highest BCUT2D eigenvalue weighted by molar-refractivity contribution is 8.00. The molecule has 2 amide bonds. The Labute approximate surface area is 162 Å². The predicted octanol–water partition coefficient (Wildman–Crippen LogP) is 2.87. The molecule has 0 unspecified atom stereocenters. The third-order valence-corrected chi connectivity index (χ3v) is 6.70. The molecule has 2 aromatic rings. The summed E-state index contributed by atoms with van der Waals surface area (Å²) in [5.74, 6) is 1.92. The van der Waals surface area contributed by atoms with Crippen LogP contribution in [-0.2, 0) is 4.79 Å². The van der Waals surface area contributed by atoms with Gasteiger partial charge < -0.3 is 19.0 Å². The smallest absolute Gasteiger partial charge is 0.289 e. The van der Waals surface area contributed by atoms with Crippen LogP contribution in [0.1, 0.15) is 23.4 Å². The molecule has 0 saturated carbocycles. The molecule has 1 spiro atoms. The molecule has 6 nitrogen and oxygen atoms in total. The molecule has 142 valence electrons. The van der Waals surface area contributed by atoms with E-state index < -0.39 is 0 Å². The molecule has 0 atom stereocenters. The average Bonchev–Trinajstić information content (AvgIpc) is 3.38. The van der Waals surface area contributed by atoms with Gasteiger partial charge in [-0.25, -0.2) is 0 Å². The van der Waals surface area contributed by atoms with Gasteiger partial charge >= 0.3 is 0 Å². The number of hydrogen-bond acceptors (Lipinski definition) is 5. The SMILES string of the molecule is O=C(c1ccco1)N1CCC2(CC1)SCCN2C(=O)COc1ccccc1. The quantitative estimate of drug-likeness (QED) is 0.809. The number of likely N-dealkylation sites (tertiary alicyclic amines) is 1. The van der Waals surface area contributed by atoms with Crippen molar-refractivity contribution in [2.24, 2.45) is 0 Å². The number of rotatable bonds is 4. The molecule has 2 aliphatic heterocycles. The lowest BCUT2D eigenvalue weighted by atomic mass is 10.0. The highest BCUT2D eigenvalue weighted by Crippen LogP contribution is 2.44. The largest absolute Gasteiger partial charge is 0.484 e. The first kappa shape index (κ1) is 18.0. The predicted molar refractivity (Wildman–Crippen MR) is 103 cm³/mol. The van der Waals surface area contributed by atoms with Crippen molar-refractivity contribution in [2.75, 3.05) is 32.0 Å². The molecule has 0 aliphatic carbocycles. The Kier molecular flexibility index (Phi) is 5.11. The monoisotopic (exact) mass is 386 g/mol. The number of piperidine rings is 1. The molecule has 2 saturated heterocycles. The first-order valence-electron chi connectivity index (χ1n) is 9.13. The van der Waals surface area contributed by atoms with Crippen LogP contribution in [0.2, 0.25) is 0 Å². The van der Waals surface area contributed by atoms with Gasteiger partial charge in [0.25, 0.3) is 11.8 Å². The Morgan fingerprint density at radius 3 is 2.56 bits per heavy atom. The number of para-hydroxylation sites is 1. The van der Waals surface area contributed by atoms with E-state index in [0.29, 0.717) is 24.6 Å². The Bertz CT molecular complexity index is 786. The highest BCUT2D eigenvalue weighted by Gasteiger charge is 2.47. The van der Waals surface area contributed by atoms with Crippen LogP contribution in [0.15, 0.2) is 53.1 Å². The van der Waals surface area contributed by atoms with E-state index in [1.54, 1.807) is 12.1 Å². The summed E-state index contributed by atoms with van der Waals surface area (Å²) < 4.78 is 10.9. The van der Waals surface area contributed by atoms with E-state index in [9.17, 15) is 9.59 Å². The van der Waals surface area contributed by atoms with Crippen molar-refractivity contribution in [3.05, 3.63) is 54.5 Å². The Hall–Kier alpha value is -2.41. The topological polar surface area (TPSA) is 63.0 Å². The molecule has 0 radical (unpaired) electrons. The van der Waals surface area contributed by atoms with Crippen LogP contribution < -0.4 is 4.74 Å². The summed E-state index contributed by atoms with van der Waals surface area (Å²) in [6.45, 7) is 2.01. The molecule has 4 rings (SSSR count). The molecule has 0 bridgehead atoms. The Balaban J connectivity index is 1.36. The van der Waals surface area contributed by atoms with Gasteiger partial charge in [-0.1, -0.05) is 18.2 Å². The molecule has 0 N–H and O–H groups in total. The number of hydrogen-bond donors (Lipinski definition) is 0. The number of amides is 2. The van der Waals surface area contributed by atoms with E-state index in [0.717, 1.165) is 25.1 Å². The molecular formula is C20H22N2O4S. The standard InChI is InChI=1S/C20H22N2O4S/c23-18(15-26-16-5-2-1-3-6-16)22-12-14-27-20(22)8-10-21(11-9-20)19(24)17-7-4-13-25-17/h1-7,13H,8-12,14-15H2. The third kappa shape index (κ3) is 3.69. The normalized spacial score (nSPS) is 18.7. The number of nitrogens with zero attached hydrogens (tertiary/aromatic N) is 2. The van der Waals surface area contributed by atoms with E-state index in [4.69, 9.17) is 9.15 Å². The highest BCUT2D eigenvalue weighted by atomic mass is 32.2. The lowest BCUT2D eigenvalue weighted by Gasteiger charge is -2.43. The number of carbonyl (C=O) groups excluding carboxylic acids is 2. The van der Waals surface area contributed by atoms with Gasteiger partial charge in [-0.15, -0.1) is 11.8 Å². The zero-order valence-corrected chi connectivity index (χ0v) is 15.8. The first-order chi connectivity index (χ1) is 13.2. The fourth-order valence-corrected chi connectivity index (χ4v) is 5.20. The third-order valence-electron chi connectivity index (χ3n) is 5.15. The van der Waals surface area contributed by atoms with Crippen LogP contribution in [0.4, 0.5) is 0 Å². The molecule has 27 heavy (non-hydrogen) atoms. The fraction of sp³-hybridized carbons (Fsp3) is 0.400. The number of furan rings is 1. The summed E-state index contributed by atoms with van der Waals surface area (Å²) in [5.41, 5.74) is 0. The summed E-state index contributed by atoms with van der Waals surface area (Å²) in [6, 6.07) is 12.8. The van der Waals surface area contributed by atoms with Crippen LogP contribution in [0.3, 0.4) is 0 Å².